The Morgan fingerprint density at radius 3 is 2.69 bits per heavy atom. The molecule has 1 amide bonds. The van der Waals surface area contributed by atoms with Gasteiger partial charge in [0.05, 0.1) is 5.69 Å². The summed E-state index contributed by atoms with van der Waals surface area (Å²) < 4.78 is 1.80. The topological polar surface area (TPSA) is 93.2 Å². The van der Waals surface area contributed by atoms with Crippen LogP contribution in [-0.2, 0) is 18.4 Å². The van der Waals surface area contributed by atoms with E-state index in [4.69, 9.17) is 5.73 Å². The fourth-order valence-corrected chi connectivity index (χ4v) is 1.51. The van der Waals surface area contributed by atoms with Crippen molar-refractivity contribution < 1.29 is 9.90 Å². The largest absolute Gasteiger partial charge is 0.382 e. The lowest BCUT2D eigenvalue weighted by atomic mass is 10.2. The van der Waals surface area contributed by atoms with E-state index in [-0.39, 0.29) is 6.54 Å². The van der Waals surface area contributed by atoms with Gasteiger partial charge in [-0.15, -0.1) is 0 Å². The second-order valence-corrected chi connectivity index (χ2v) is 3.82. The molecule has 16 heavy (non-hydrogen) atoms. The van der Waals surface area contributed by atoms with Crippen LogP contribution in [0.3, 0.4) is 0 Å². The molecule has 0 aromatic carbocycles. The van der Waals surface area contributed by atoms with Gasteiger partial charge in [-0.25, -0.2) is 0 Å². The van der Waals surface area contributed by atoms with Crippen LogP contribution >= 0.6 is 0 Å². The highest BCUT2D eigenvalue weighted by molar-refractivity contribution is 5.78. The Bertz CT molecular complexity index is 386. The van der Waals surface area contributed by atoms with Gasteiger partial charge < -0.3 is 16.2 Å². The lowest BCUT2D eigenvalue weighted by Gasteiger charge is -2.08. The van der Waals surface area contributed by atoms with E-state index in [9.17, 15) is 9.90 Å². The summed E-state index contributed by atoms with van der Waals surface area (Å²) in [6, 6.07) is 0. The van der Waals surface area contributed by atoms with E-state index in [1.54, 1.807) is 4.68 Å². The number of aryl methyl sites for hydroxylation is 2. The third kappa shape index (κ3) is 2.80. The number of carbonyl (C=O) groups excluding carboxylic acids is 1. The Balaban J connectivity index is 2.52. The average molecular weight is 226 g/mol. The van der Waals surface area contributed by atoms with Gasteiger partial charge in [0.1, 0.15) is 6.10 Å². The number of carbonyl (C=O) groups is 1. The summed E-state index contributed by atoms with van der Waals surface area (Å²) >= 11 is 0. The van der Waals surface area contributed by atoms with Gasteiger partial charge in [0, 0.05) is 31.4 Å². The first-order chi connectivity index (χ1) is 7.43. The summed E-state index contributed by atoms with van der Waals surface area (Å²) in [5.41, 5.74) is 8.03. The van der Waals surface area contributed by atoms with Crippen LogP contribution in [0.15, 0.2) is 0 Å². The van der Waals surface area contributed by atoms with Gasteiger partial charge in [-0.3, -0.25) is 9.48 Å². The molecular formula is C10H18N4O2. The summed E-state index contributed by atoms with van der Waals surface area (Å²) in [7, 11) is 1.88. The number of nitrogens with zero attached hydrogens (tertiary/aromatic N) is 2. The number of nitrogens with one attached hydrogen (secondary N) is 1. The molecule has 0 radical (unpaired) electrons. The average Bonchev–Trinajstić information content (AvgIpc) is 2.44. The predicted octanol–water partition coefficient (Wildman–Crippen LogP) is -1.03. The number of rotatable bonds is 5. The van der Waals surface area contributed by atoms with Crippen LogP contribution in [0, 0.1) is 13.8 Å². The normalized spacial score (nSPS) is 12.8. The molecule has 0 spiro atoms. The molecule has 0 aliphatic rings. The monoisotopic (exact) mass is 226 g/mol. The zero-order valence-corrected chi connectivity index (χ0v) is 9.82. The number of amides is 1. The molecular weight excluding hydrogens is 208 g/mol. The SMILES string of the molecule is Cc1nn(C)c(C)c1CNCC(O)C(N)=O. The Labute approximate surface area is 94.4 Å². The number of nitrogens with two attached hydrogens (primary N) is 1. The van der Waals surface area contributed by atoms with Crippen molar-refractivity contribution in [1.82, 2.24) is 15.1 Å². The fraction of sp³-hybridized carbons (Fsp3) is 0.600. The van der Waals surface area contributed by atoms with Crippen molar-refractivity contribution in [2.24, 2.45) is 12.8 Å². The van der Waals surface area contributed by atoms with Crippen molar-refractivity contribution in [3.63, 3.8) is 0 Å². The smallest absolute Gasteiger partial charge is 0.247 e. The Morgan fingerprint density at radius 1 is 1.62 bits per heavy atom. The standard InChI is InChI=1S/C10H18N4O2/c1-6-8(7(2)14(3)13-6)4-12-5-9(15)10(11)16/h9,12,15H,4-5H2,1-3H3,(H2,11,16). The van der Waals surface area contributed by atoms with Gasteiger partial charge in [-0.1, -0.05) is 0 Å². The molecule has 0 aliphatic heterocycles. The van der Waals surface area contributed by atoms with Crippen LogP contribution in [-0.4, -0.2) is 33.4 Å². The van der Waals surface area contributed by atoms with Gasteiger partial charge >= 0.3 is 0 Å². The number of aliphatic hydroxyl groups excluding tert-OH is 1. The summed E-state index contributed by atoms with van der Waals surface area (Å²) in [6.07, 6.45) is -1.14. The van der Waals surface area contributed by atoms with Crippen LogP contribution in [0.25, 0.3) is 0 Å². The second kappa shape index (κ2) is 5.09. The van der Waals surface area contributed by atoms with E-state index in [0.717, 1.165) is 17.0 Å². The fourth-order valence-electron chi connectivity index (χ4n) is 1.51. The van der Waals surface area contributed by atoms with Crippen molar-refractivity contribution in [3.05, 3.63) is 17.0 Å². The highest BCUT2D eigenvalue weighted by atomic mass is 16.3. The van der Waals surface area contributed by atoms with Crippen molar-refractivity contribution in [2.45, 2.75) is 26.5 Å². The quantitative estimate of drug-likeness (QED) is 0.598. The van der Waals surface area contributed by atoms with E-state index in [0.29, 0.717) is 6.54 Å². The van der Waals surface area contributed by atoms with Crippen molar-refractivity contribution in [1.29, 1.82) is 0 Å². The van der Waals surface area contributed by atoms with Crippen LogP contribution in [0.2, 0.25) is 0 Å². The summed E-state index contributed by atoms with van der Waals surface area (Å²) in [5.74, 6) is -0.716. The van der Waals surface area contributed by atoms with E-state index in [2.05, 4.69) is 10.4 Å². The van der Waals surface area contributed by atoms with E-state index >= 15 is 0 Å². The van der Waals surface area contributed by atoms with Crippen LogP contribution in [0.4, 0.5) is 0 Å². The van der Waals surface area contributed by atoms with Gasteiger partial charge in [-0.05, 0) is 13.8 Å². The number of aromatic nitrogens is 2. The van der Waals surface area contributed by atoms with Crippen molar-refractivity contribution in [3.8, 4) is 0 Å². The second-order valence-electron chi connectivity index (χ2n) is 3.82. The molecule has 1 atom stereocenters. The van der Waals surface area contributed by atoms with Crippen LogP contribution in [0.1, 0.15) is 17.0 Å². The number of hydrogen-bond donors (Lipinski definition) is 3. The van der Waals surface area contributed by atoms with Gasteiger partial charge in [-0.2, -0.15) is 5.10 Å². The minimum atomic E-state index is -1.14. The number of hydrogen-bond acceptors (Lipinski definition) is 4. The number of aliphatic hydroxyl groups is 1. The lowest BCUT2D eigenvalue weighted by Crippen LogP contribution is -2.37. The van der Waals surface area contributed by atoms with Crippen LogP contribution < -0.4 is 11.1 Å². The zero-order chi connectivity index (χ0) is 12.3. The van der Waals surface area contributed by atoms with E-state index < -0.39 is 12.0 Å². The molecule has 0 aliphatic carbocycles. The molecule has 1 heterocycles. The summed E-state index contributed by atoms with van der Waals surface area (Å²) in [6.45, 7) is 4.62. The highest BCUT2D eigenvalue weighted by Gasteiger charge is 2.12. The third-order valence-electron chi connectivity index (χ3n) is 2.63. The minimum absolute atomic E-state index is 0.156. The van der Waals surface area contributed by atoms with Gasteiger partial charge in [0.2, 0.25) is 5.91 Å². The third-order valence-corrected chi connectivity index (χ3v) is 2.63. The molecule has 1 unspecified atom stereocenters. The van der Waals surface area contributed by atoms with Crippen molar-refractivity contribution in [2.75, 3.05) is 6.54 Å². The van der Waals surface area contributed by atoms with E-state index in [1.807, 2.05) is 20.9 Å². The van der Waals surface area contributed by atoms with Gasteiger partial charge in [0.15, 0.2) is 0 Å². The lowest BCUT2D eigenvalue weighted by molar-refractivity contribution is -0.125. The molecule has 0 fully saturated rings. The number of primary amides is 1. The minimum Gasteiger partial charge on any atom is -0.382 e. The molecule has 0 saturated carbocycles. The van der Waals surface area contributed by atoms with E-state index in [1.165, 1.54) is 0 Å². The molecule has 90 valence electrons. The zero-order valence-electron chi connectivity index (χ0n) is 9.82. The molecule has 6 heteroatoms. The predicted molar refractivity (Wildman–Crippen MR) is 59.6 cm³/mol. The summed E-state index contributed by atoms with van der Waals surface area (Å²) in [4.78, 5) is 10.6. The maximum absolute atomic E-state index is 10.6. The Morgan fingerprint density at radius 2 is 2.25 bits per heavy atom. The first-order valence-electron chi connectivity index (χ1n) is 5.10. The maximum atomic E-state index is 10.6. The Hall–Kier alpha value is -1.40. The summed E-state index contributed by atoms with van der Waals surface area (Å²) in [5, 5.41) is 16.4. The molecule has 4 N–H and O–H groups in total. The van der Waals surface area contributed by atoms with Gasteiger partial charge in [0.25, 0.3) is 0 Å². The molecule has 0 saturated heterocycles. The molecule has 1 aromatic rings. The Kier molecular flexibility index (Phi) is 4.03. The first kappa shape index (κ1) is 12.7. The molecule has 1 rings (SSSR count). The molecule has 1 aromatic heterocycles. The van der Waals surface area contributed by atoms with Crippen LogP contribution in [0.5, 0.6) is 0 Å². The first-order valence-corrected chi connectivity index (χ1v) is 5.10. The molecule has 0 bridgehead atoms. The maximum Gasteiger partial charge on any atom is 0.247 e. The van der Waals surface area contributed by atoms with Crippen molar-refractivity contribution >= 4 is 5.91 Å². The highest BCUT2D eigenvalue weighted by Crippen LogP contribution is 2.10. The molecule has 6 nitrogen and oxygen atoms in total.